The van der Waals surface area contributed by atoms with Gasteiger partial charge in [0.05, 0.1) is 42.9 Å². The quantitative estimate of drug-likeness (QED) is 0.234. The molecule has 5 aromatic rings. The highest BCUT2D eigenvalue weighted by Gasteiger charge is 2.31. The number of aromatic nitrogens is 7. The highest BCUT2D eigenvalue weighted by atomic mass is 16.5. The number of pyridine rings is 1. The van der Waals surface area contributed by atoms with Crippen molar-refractivity contribution in [1.82, 2.24) is 39.6 Å². The number of aromatic carboxylic acids is 1. The van der Waals surface area contributed by atoms with E-state index in [2.05, 4.69) is 49.1 Å². The van der Waals surface area contributed by atoms with Crippen molar-refractivity contribution >= 4 is 28.5 Å². The average molecular weight is 692 g/mol. The first-order valence-corrected chi connectivity index (χ1v) is 17.7. The third kappa shape index (κ3) is 6.80. The summed E-state index contributed by atoms with van der Waals surface area (Å²) in [6.45, 7) is 7.09. The zero-order valence-electron chi connectivity index (χ0n) is 28.6. The number of hydrogen-bond donors (Lipinski definition) is 1. The average Bonchev–Trinajstić information content (AvgIpc) is 3.80. The van der Waals surface area contributed by atoms with Crippen LogP contribution in [0.25, 0.3) is 33.3 Å². The Morgan fingerprint density at radius 2 is 1.86 bits per heavy atom. The van der Waals surface area contributed by atoms with Crippen LogP contribution < -0.4 is 4.90 Å². The molecular formula is C37H41N9O5. The summed E-state index contributed by atoms with van der Waals surface area (Å²) < 4.78 is 16.0. The molecule has 0 spiro atoms. The van der Waals surface area contributed by atoms with Crippen LogP contribution in [0.15, 0.2) is 55.0 Å². The second kappa shape index (κ2) is 14.2. The van der Waals surface area contributed by atoms with Crippen molar-refractivity contribution in [2.75, 3.05) is 44.4 Å². The Kier molecular flexibility index (Phi) is 9.17. The molecule has 0 radical (unpaired) electrons. The molecular weight excluding hydrogens is 650 g/mol. The Morgan fingerprint density at radius 3 is 2.63 bits per heavy atom. The van der Waals surface area contributed by atoms with Crippen LogP contribution >= 0.6 is 0 Å². The summed E-state index contributed by atoms with van der Waals surface area (Å²) in [5, 5.41) is 28.8. The number of nitrogens with zero attached hydrogens (tertiary/aromatic N) is 9. The van der Waals surface area contributed by atoms with Gasteiger partial charge in [-0.25, -0.2) is 4.79 Å². The fourth-order valence-corrected chi connectivity index (χ4v) is 7.49. The van der Waals surface area contributed by atoms with E-state index in [-0.39, 0.29) is 17.7 Å². The fourth-order valence-electron chi connectivity index (χ4n) is 7.49. The molecule has 0 bridgehead atoms. The van der Waals surface area contributed by atoms with Crippen LogP contribution in [0.4, 0.5) is 5.82 Å². The Labute approximate surface area is 295 Å². The van der Waals surface area contributed by atoms with Crippen molar-refractivity contribution in [2.45, 2.75) is 64.3 Å². The van der Waals surface area contributed by atoms with Crippen molar-refractivity contribution in [1.29, 1.82) is 0 Å². The van der Waals surface area contributed by atoms with E-state index in [0.29, 0.717) is 38.1 Å². The topological polar surface area (TPSA) is 154 Å². The third-order valence-electron chi connectivity index (χ3n) is 10.3. The van der Waals surface area contributed by atoms with Crippen molar-refractivity contribution in [3.63, 3.8) is 0 Å². The molecule has 264 valence electrons. The standard InChI is InChI=1S/C37H41N9O5/c1-24(47)44-14-9-34-31(23-44)36(42-46(34)27-10-16-50-17-11-27)29-4-2-3-25-19-33(38-21-30(25)29)26-20-39-45(22-26)15-18-51-28-7-12-43(13-8-28)35-6-5-32(37(48)49)40-41-35/h2-6,19-22,27-28H,7-18,23H2,1H3,(H,48,49). The smallest absolute Gasteiger partial charge is 0.356 e. The predicted octanol–water partition coefficient (Wildman–Crippen LogP) is 4.39. The molecule has 7 heterocycles. The Morgan fingerprint density at radius 1 is 1.02 bits per heavy atom. The number of amides is 1. The number of carbonyl (C=O) groups excluding carboxylic acids is 1. The summed E-state index contributed by atoms with van der Waals surface area (Å²) in [6.07, 6.45) is 10.3. The first-order valence-electron chi connectivity index (χ1n) is 17.7. The van der Waals surface area contributed by atoms with Gasteiger partial charge in [-0.1, -0.05) is 18.2 Å². The maximum atomic E-state index is 12.4. The van der Waals surface area contributed by atoms with Crippen LogP contribution in [-0.2, 0) is 33.8 Å². The van der Waals surface area contributed by atoms with Crippen LogP contribution in [0.3, 0.4) is 0 Å². The Hall–Kier alpha value is -5.21. The summed E-state index contributed by atoms with van der Waals surface area (Å²) in [7, 11) is 0. The molecule has 0 atom stereocenters. The van der Waals surface area contributed by atoms with Gasteiger partial charge in [0.2, 0.25) is 5.91 Å². The molecule has 4 aromatic heterocycles. The van der Waals surface area contributed by atoms with Gasteiger partial charge in [0.1, 0.15) is 0 Å². The van der Waals surface area contributed by atoms with E-state index >= 15 is 0 Å². The maximum Gasteiger partial charge on any atom is 0.356 e. The SMILES string of the molecule is CC(=O)N1CCc2c(c(-c3cccc4cc(-c5cnn(CCOC6CCN(c7ccc(C(=O)O)nn7)CC6)c5)ncc34)nn2C2CCOCC2)C1. The number of rotatable bonds is 9. The van der Waals surface area contributed by atoms with Gasteiger partial charge in [0.25, 0.3) is 0 Å². The van der Waals surface area contributed by atoms with Crippen molar-refractivity contribution < 1.29 is 24.2 Å². The van der Waals surface area contributed by atoms with E-state index in [1.54, 1.807) is 13.0 Å². The normalized spacial score (nSPS) is 17.2. The number of carbonyl (C=O) groups is 2. The Balaban J connectivity index is 0.936. The lowest BCUT2D eigenvalue weighted by atomic mass is 9.96. The minimum Gasteiger partial charge on any atom is -0.476 e. The highest BCUT2D eigenvalue weighted by molar-refractivity contribution is 5.97. The molecule has 8 rings (SSSR count). The molecule has 1 N–H and O–H groups in total. The second-order valence-electron chi connectivity index (χ2n) is 13.5. The van der Waals surface area contributed by atoms with Gasteiger partial charge in [-0.15, -0.1) is 10.2 Å². The van der Waals surface area contributed by atoms with Crippen LogP contribution in [-0.4, -0.2) is 102 Å². The lowest BCUT2D eigenvalue weighted by Crippen LogP contribution is -2.38. The van der Waals surface area contributed by atoms with Gasteiger partial charge in [-0.3, -0.25) is 19.1 Å². The minimum absolute atomic E-state index is 0.0587. The zero-order chi connectivity index (χ0) is 34.9. The molecule has 0 unspecified atom stereocenters. The number of anilines is 1. The summed E-state index contributed by atoms with van der Waals surface area (Å²) in [5.41, 5.74) is 6.05. The first kappa shape index (κ1) is 33.0. The summed E-state index contributed by atoms with van der Waals surface area (Å²) in [4.78, 5) is 32.4. The lowest BCUT2D eigenvalue weighted by Gasteiger charge is -2.32. The molecule has 0 aliphatic carbocycles. The number of benzene rings is 1. The van der Waals surface area contributed by atoms with E-state index in [4.69, 9.17) is 24.7 Å². The van der Waals surface area contributed by atoms with Gasteiger partial charge < -0.3 is 24.4 Å². The molecule has 2 saturated heterocycles. The molecule has 14 nitrogen and oxygen atoms in total. The van der Waals surface area contributed by atoms with Crippen molar-refractivity contribution in [2.24, 2.45) is 0 Å². The van der Waals surface area contributed by atoms with Crippen LogP contribution in [0.1, 0.15) is 60.4 Å². The predicted molar refractivity (Wildman–Crippen MR) is 188 cm³/mol. The van der Waals surface area contributed by atoms with Crippen LogP contribution in [0.2, 0.25) is 0 Å². The zero-order valence-corrected chi connectivity index (χ0v) is 28.6. The van der Waals surface area contributed by atoms with Gasteiger partial charge in [0, 0.05) is 92.9 Å². The molecule has 14 heteroatoms. The molecule has 3 aliphatic rings. The molecule has 1 aromatic carbocycles. The second-order valence-corrected chi connectivity index (χ2v) is 13.5. The largest absolute Gasteiger partial charge is 0.476 e. The van der Waals surface area contributed by atoms with Crippen molar-refractivity contribution in [3.05, 3.63) is 71.9 Å². The lowest BCUT2D eigenvalue weighted by molar-refractivity contribution is -0.129. The van der Waals surface area contributed by atoms with E-state index in [1.807, 2.05) is 28.2 Å². The van der Waals surface area contributed by atoms with E-state index in [9.17, 15) is 9.59 Å². The first-order chi connectivity index (χ1) is 24.9. The monoisotopic (exact) mass is 691 g/mol. The number of carboxylic acid groups (broad SMARTS) is 1. The summed E-state index contributed by atoms with van der Waals surface area (Å²) in [5.74, 6) is -0.314. The van der Waals surface area contributed by atoms with E-state index in [1.165, 1.54) is 11.8 Å². The van der Waals surface area contributed by atoms with Crippen LogP contribution in [0, 0.1) is 0 Å². The maximum absolute atomic E-state index is 12.4. The van der Waals surface area contributed by atoms with Gasteiger partial charge in [-0.05, 0) is 49.3 Å². The van der Waals surface area contributed by atoms with Gasteiger partial charge in [0.15, 0.2) is 11.5 Å². The summed E-state index contributed by atoms with van der Waals surface area (Å²) in [6, 6.07) is 11.9. The number of fused-ring (bicyclic) bond motifs is 2. The number of carboxylic acids is 1. The highest BCUT2D eigenvalue weighted by Crippen LogP contribution is 2.37. The van der Waals surface area contributed by atoms with Crippen LogP contribution in [0.5, 0.6) is 0 Å². The molecule has 3 aliphatic heterocycles. The molecule has 1 amide bonds. The fraction of sp³-hybridized carbons (Fsp3) is 0.432. The van der Waals surface area contributed by atoms with Crippen molar-refractivity contribution in [3.8, 4) is 22.5 Å². The molecule has 2 fully saturated rings. The Bertz CT molecular complexity index is 2050. The molecule has 0 saturated carbocycles. The summed E-state index contributed by atoms with van der Waals surface area (Å²) >= 11 is 0. The molecule has 51 heavy (non-hydrogen) atoms. The minimum atomic E-state index is -1.08. The van der Waals surface area contributed by atoms with Gasteiger partial charge in [-0.2, -0.15) is 10.2 Å². The van der Waals surface area contributed by atoms with E-state index in [0.717, 1.165) is 97.3 Å². The van der Waals surface area contributed by atoms with Gasteiger partial charge >= 0.3 is 5.97 Å². The van der Waals surface area contributed by atoms with E-state index < -0.39 is 5.97 Å². The third-order valence-corrected chi connectivity index (χ3v) is 10.3. The number of hydrogen-bond acceptors (Lipinski definition) is 10. The number of ether oxygens (including phenoxy) is 2. The number of piperidine rings is 1.